The Balaban J connectivity index is 1.56. The van der Waals surface area contributed by atoms with Gasteiger partial charge in [-0.3, -0.25) is 9.69 Å². The number of rotatable bonds is 7. The molecule has 1 amide bonds. The largest absolute Gasteiger partial charge is 0.488 e. The topological polar surface area (TPSA) is 55.8 Å². The third-order valence-electron chi connectivity index (χ3n) is 6.04. The summed E-state index contributed by atoms with van der Waals surface area (Å²) in [6.07, 6.45) is 1.76. The van der Waals surface area contributed by atoms with Gasteiger partial charge in [0.2, 0.25) is 0 Å². The molecule has 0 N–H and O–H groups in total. The number of para-hydroxylation sites is 1. The Morgan fingerprint density at radius 1 is 1.00 bits per heavy atom. The van der Waals surface area contributed by atoms with Crippen molar-refractivity contribution in [3.8, 4) is 5.75 Å². The SMILES string of the molecule is COC(=O)C(c1ccccc1)N1C(=O)/C(=C\c2ccccc2OCc2ccc(C(C)(C)C)cc2)SC1=S. The average Bonchev–Trinajstić information content (AvgIpc) is 3.16. The second kappa shape index (κ2) is 11.3. The normalized spacial score (nSPS) is 15.7. The van der Waals surface area contributed by atoms with Crippen LogP contribution in [0.1, 0.15) is 49.1 Å². The molecular weight excluding hydrogens is 502 g/mol. The highest BCUT2D eigenvalue weighted by molar-refractivity contribution is 8.26. The quantitative estimate of drug-likeness (QED) is 0.193. The predicted octanol–water partition coefficient (Wildman–Crippen LogP) is 6.68. The fourth-order valence-electron chi connectivity index (χ4n) is 3.97. The van der Waals surface area contributed by atoms with Crippen molar-refractivity contribution in [3.63, 3.8) is 0 Å². The molecule has 7 heteroatoms. The number of nitrogens with zero attached hydrogens (tertiary/aromatic N) is 1. The Morgan fingerprint density at radius 2 is 1.65 bits per heavy atom. The molecule has 3 aromatic carbocycles. The first-order valence-electron chi connectivity index (χ1n) is 11.9. The van der Waals surface area contributed by atoms with Crippen molar-refractivity contribution < 1.29 is 19.1 Å². The highest BCUT2D eigenvalue weighted by Crippen LogP contribution is 2.39. The number of methoxy groups -OCH3 is 1. The molecule has 37 heavy (non-hydrogen) atoms. The van der Waals surface area contributed by atoms with Crippen LogP contribution >= 0.6 is 24.0 Å². The highest BCUT2D eigenvalue weighted by Gasteiger charge is 2.42. The molecule has 1 saturated heterocycles. The number of hydrogen-bond acceptors (Lipinski definition) is 6. The van der Waals surface area contributed by atoms with Gasteiger partial charge in [-0.2, -0.15) is 0 Å². The van der Waals surface area contributed by atoms with E-state index in [9.17, 15) is 9.59 Å². The number of thioether (sulfide) groups is 1. The van der Waals surface area contributed by atoms with E-state index in [1.165, 1.54) is 17.6 Å². The summed E-state index contributed by atoms with van der Waals surface area (Å²) in [4.78, 5) is 27.9. The van der Waals surface area contributed by atoms with E-state index in [1.807, 2.05) is 42.5 Å². The zero-order chi connectivity index (χ0) is 26.6. The van der Waals surface area contributed by atoms with Gasteiger partial charge in [0.15, 0.2) is 6.04 Å². The minimum atomic E-state index is -0.952. The van der Waals surface area contributed by atoms with Gasteiger partial charge in [0.05, 0.1) is 12.0 Å². The highest BCUT2D eigenvalue weighted by atomic mass is 32.2. The summed E-state index contributed by atoms with van der Waals surface area (Å²) in [5, 5.41) is 0. The lowest BCUT2D eigenvalue weighted by molar-refractivity contribution is -0.148. The summed E-state index contributed by atoms with van der Waals surface area (Å²) in [5.41, 5.74) is 3.79. The monoisotopic (exact) mass is 531 g/mol. The second-order valence-corrected chi connectivity index (χ2v) is 11.3. The van der Waals surface area contributed by atoms with Crippen LogP contribution in [-0.4, -0.2) is 28.2 Å². The molecule has 0 aromatic heterocycles. The first-order chi connectivity index (χ1) is 17.7. The summed E-state index contributed by atoms with van der Waals surface area (Å²) in [5.74, 6) is -0.243. The van der Waals surface area contributed by atoms with E-state index in [0.29, 0.717) is 27.1 Å². The van der Waals surface area contributed by atoms with Crippen LogP contribution in [0.5, 0.6) is 5.75 Å². The van der Waals surface area contributed by atoms with Crippen LogP contribution < -0.4 is 4.74 Å². The molecule has 0 saturated carbocycles. The molecule has 1 aliphatic heterocycles. The lowest BCUT2D eigenvalue weighted by atomic mass is 9.87. The Morgan fingerprint density at radius 3 is 2.30 bits per heavy atom. The maximum atomic E-state index is 13.5. The number of carbonyl (C=O) groups is 2. The van der Waals surface area contributed by atoms with Crippen LogP contribution in [0.25, 0.3) is 6.08 Å². The summed E-state index contributed by atoms with van der Waals surface area (Å²) in [7, 11) is 1.30. The average molecular weight is 532 g/mol. The van der Waals surface area contributed by atoms with Gasteiger partial charge in [-0.25, -0.2) is 4.79 Å². The molecule has 190 valence electrons. The zero-order valence-electron chi connectivity index (χ0n) is 21.3. The standard InChI is InChI=1S/C30H29NO4S2/c1-30(2,3)23-16-14-20(15-17-23)19-35-24-13-9-8-12-22(24)18-25-27(32)31(29(36)37-25)26(28(33)34-4)21-10-6-5-7-11-21/h5-18,26H,19H2,1-4H3/b25-18+. The molecule has 1 heterocycles. The molecule has 0 aliphatic carbocycles. The first kappa shape index (κ1) is 26.6. The number of ether oxygens (including phenoxy) is 2. The van der Waals surface area contributed by atoms with Crippen LogP contribution in [0.3, 0.4) is 0 Å². The van der Waals surface area contributed by atoms with Crippen molar-refractivity contribution in [1.29, 1.82) is 0 Å². The van der Waals surface area contributed by atoms with Gasteiger partial charge in [0.1, 0.15) is 16.7 Å². The fraction of sp³-hybridized carbons (Fsp3) is 0.233. The number of benzene rings is 3. The lowest BCUT2D eigenvalue weighted by Gasteiger charge is -2.24. The van der Waals surface area contributed by atoms with E-state index >= 15 is 0 Å². The molecule has 0 bridgehead atoms. The van der Waals surface area contributed by atoms with E-state index in [2.05, 4.69) is 45.0 Å². The Hall–Kier alpha value is -3.42. The van der Waals surface area contributed by atoms with Crippen LogP contribution in [0.4, 0.5) is 0 Å². The molecule has 1 atom stereocenters. The molecule has 1 fully saturated rings. The molecule has 4 rings (SSSR count). The van der Waals surface area contributed by atoms with Crippen LogP contribution in [0.15, 0.2) is 83.8 Å². The predicted molar refractivity (Wildman–Crippen MR) is 152 cm³/mol. The van der Waals surface area contributed by atoms with E-state index in [-0.39, 0.29) is 11.3 Å². The van der Waals surface area contributed by atoms with Gasteiger partial charge in [0, 0.05) is 5.56 Å². The molecular formula is C30H29NO4S2. The smallest absolute Gasteiger partial charge is 0.333 e. The van der Waals surface area contributed by atoms with Gasteiger partial charge >= 0.3 is 5.97 Å². The van der Waals surface area contributed by atoms with E-state index in [4.69, 9.17) is 21.7 Å². The maximum Gasteiger partial charge on any atom is 0.333 e. The van der Waals surface area contributed by atoms with Crippen molar-refractivity contribution in [1.82, 2.24) is 4.90 Å². The van der Waals surface area contributed by atoms with Crippen LogP contribution in [0.2, 0.25) is 0 Å². The molecule has 1 unspecified atom stereocenters. The number of thiocarbonyl (C=S) groups is 1. The number of esters is 1. The molecule has 0 spiro atoms. The third-order valence-corrected chi connectivity index (χ3v) is 7.37. The van der Waals surface area contributed by atoms with Gasteiger partial charge < -0.3 is 9.47 Å². The van der Waals surface area contributed by atoms with Crippen molar-refractivity contribution in [2.45, 2.75) is 38.8 Å². The Bertz CT molecular complexity index is 1330. The van der Waals surface area contributed by atoms with Gasteiger partial charge in [-0.05, 0) is 34.2 Å². The zero-order valence-corrected chi connectivity index (χ0v) is 22.9. The fourth-order valence-corrected chi connectivity index (χ4v) is 5.28. The molecule has 1 aliphatic rings. The molecule has 3 aromatic rings. The minimum absolute atomic E-state index is 0.0888. The molecule has 5 nitrogen and oxygen atoms in total. The van der Waals surface area contributed by atoms with E-state index < -0.39 is 12.0 Å². The molecule has 0 radical (unpaired) electrons. The van der Waals surface area contributed by atoms with E-state index in [0.717, 1.165) is 22.9 Å². The van der Waals surface area contributed by atoms with E-state index in [1.54, 1.807) is 18.2 Å². The Labute approximate surface area is 227 Å². The number of amides is 1. The van der Waals surface area contributed by atoms with Gasteiger partial charge in [0.25, 0.3) is 5.91 Å². The minimum Gasteiger partial charge on any atom is -0.488 e. The van der Waals surface area contributed by atoms with Gasteiger partial charge in [-0.1, -0.05) is 118 Å². The van der Waals surface area contributed by atoms with Crippen molar-refractivity contribution in [2.75, 3.05) is 7.11 Å². The van der Waals surface area contributed by atoms with Crippen molar-refractivity contribution >= 4 is 46.3 Å². The number of carbonyl (C=O) groups excluding carboxylic acids is 2. The maximum absolute atomic E-state index is 13.5. The summed E-state index contributed by atoms with van der Waals surface area (Å²) in [6, 6.07) is 24.0. The third kappa shape index (κ3) is 6.12. The van der Waals surface area contributed by atoms with Gasteiger partial charge in [-0.15, -0.1) is 0 Å². The summed E-state index contributed by atoms with van der Waals surface area (Å²) < 4.78 is 11.4. The van der Waals surface area contributed by atoms with Crippen LogP contribution in [0, 0.1) is 0 Å². The summed E-state index contributed by atoms with van der Waals surface area (Å²) >= 11 is 6.69. The second-order valence-electron chi connectivity index (χ2n) is 9.66. The Kier molecular flexibility index (Phi) is 8.15. The van der Waals surface area contributed by atoms with Crippen molar-refractivity contribution in [3.05, 3.63) is 106 Å². The summed E-state index contributed by atoms with van der Waals surface area (Å²) in [6.45, 7) is 6.95. The lowest BCUT2D eigenvalue weighted by Crippen LogP contribution is -2.37. The van der Waals surface area contributed by atoms with Crippen LogP contribution in [-0.2, 0) is 26.3 Å². The van der Waals surface area contributed by atoms with Crippen molar-refractivity contribution in [2.24, 2.45) is 0 Å². The first-order valence-corrected chi connectivity index (χ1v) is 13.1. The number of hydrogen-bond donors (Lipinski definition) is 0.